The molecule has 0 saturated carbocycles. The Balaban J connectivity index is 3.25. The third-order valence-electron chi connectivity index (χ3n) is 1.80. The van der Waals surface area contributed by atoms with Gasteiger partial charge in [0.1, 0.15) is 10.6 Å². The van der Waals surface area contributed by atoms with Crippen molar-refractivity contribution in [3.8, 4) is 5.75 Å². The lowest BCUT2D eigenvalue weighted by atomic mass is 10.3. The van der Waals surface area contributed by atoms with Crippen molar-refractivity contribution in [1.82, 2.24) is 0 Å². The van der Waals surface area contributed by atoms with Crippen LogP contribution in [0, 0.1) is 0 Å². The van der Waals surface area contributed by atoms with E-state index in [4.69, 9.17) is 10.5 Å². The first-order valence-electron chi connectivity index (χ1n) is 4.16. The predicted octanol–water partition coefficient (Wildman–Crippen LogP) is 0.655. The first-order valence-corrected chi connectivity index (χ1v) is 5.81. The van der Waals surface area contributed by atoms with Crippen molar-refractivity contribution in [3.05, 3.63) is 18.2 Å². The number of benzene rings is 1. The average Bonchev–Trinajstić information content (AvgIpc) is 2.17. The van der Waals surface area contributed by atoms with Gasteiger partial charge >= 0.3 is 0 Å². The van der Waals surface area contributed by atoms with E-state index < -0.39 is 9.84 Å². The Morgan fingerprint density at radius 2 is 2.00 bits per heavy atom. The fourth-order valence-electron chi connectivity index (χ4n) is 1.16. The van der Waals surface area contributed by atoms with Gasteiger partial charge in [-0.05, 0) is 12.1 Å². The van der Waals surface area contributed by atoms with Gasteiger partial charge in [-0.25, -0.2) is 8.42 Å². The summed E-state index contributed by atoms with van der Waals surface area (Å²) in [5.74, 6) is -0.153. The summed E-state index contributed by atoms with van der Waals surface area (Å²) in [5.41, 5.74) is 5.96. The second-order valence-corrected chi connectivity index (χ2v) is 4.84. The molecule has 1 aromatic rings. The van der Waals surface area contributed by atoms with E-state index in [-0.39, 0.29) is 16.6 Å². The topological polar surface area (TPSA) is 78.6 Å². The Kier molecular flexibility index (Phi) is 3.54. The smallest absolute Gasteiger partial charge is 0.205 e. The minimum Gasteiger partial charge on any atom is -0.495 e. The maximum Gasteiger partial charge on any atom is 0.205 e. The van der Waals surface area contributed by atoms with Gasteiger partial charge in [-0.1, -0.05) is 0 Å². The summed E-state index contributed by atoms with van der Waals surface area (Å²) in [6, 6.07) is 4.37. The molecule has 1 rings (SSSR count). The first kappa shape index (κ1) is 11.8. The molecule has 0 fully saturated rings. The largest absolute Gasteiger partial charge is 0.495 e. The number of hydrogen-bond acceptors (Lipinski definition) is 5. The van der Waals surface area contributed by atoms with Gasteiger partial charge in [-0.2, -0.15) is 0 Å². The number of hydrogen-bond donors (Lipinski definition) is 1. The van der Waals surface area contributed by atoms with E-state index in [1.165, 1.54) is 32.4 Å². The summed E-state index contributed by atoms with van der Waals surface area (Å²) in [4.78, 5) is 0.0843. The zero-order valence-electron chi connectivity index (χ0n) is 8.56. The molecule has 0 bridgehead atoms. The SMILES string of the molecule is COCS(=O)(=O)c1ccc(N)cc1OC. The molecule has 0 aliphatic rings. The van der Waals surface area contributed by atoms with Crippen LogP contribution >= 0.6 is 0 Å². The van der Waals surface area contributed by atoms with Crippen LogP contribution in [0.25, 0.3) is 0 Å². The van der Waals surface area contributed by atoms with E-state index in [0.29, 0.717) is 5.69 Å². The van der Waals surface area contributed by atoms with Crippen LogP contribution in [0.4, 0.5) is 5.69 Å². The summed E-state index contributed by atoms with van der Waals surface area (Å²) in [6.45, 7) is 0. The standard InChI is InChI=1S/C9H13NO4S/c1-13-6-15(11,12)9-4-3-7(10)5-8(9)14-2/h3-5H,6,10H2,1-2H3. The molecular weight excluding hydrogens is 218 g/mol. The molecular formula is C9H13NO4S. The summed E-state index contributed by atoms with van der Waals surface area (Å²) < 4.78 is 32.9. The van der Waals surface area contributed by atoms with E-state index in [1.807, 2.05) is 0 Å². The van der Waals surface area contributed by atoms with Crippen LogP contribution < -0.4 is 10.5 Å². The molecule has 0 radical (unpaired) electrons. The zero-order chi connectivity index (χ0) is 11.5. The van der Waals surface area contributed by atoms with Gasteiger partial charge in [0, 0.05) is 18.9 Å². The van der Waals surface area contributed by atoms with Gasteiger partial charge < -0.3 is 15.2 Å². The maximum atomic E-state index is 11.7. The van der Waals surface area contributed by atoms with Gasteiger partial charge in [0.25, 0.3) is 0 Å². The fourth-order valence-corrected chi connectivity index (χ4v) is 2.32. The van der Waals surface area contributed by atoms with Crippen molar-refractivity contribution in [2.45, 2.75) is 4.90 Å². The third kappa shape index (κ3) is 2.60. The van der Waals surface area contributed by atoms with Crippen LogP contribution in [0.15, 0.2) is 23.1 Å². The number of sulfone groups is 1. The Labute approximate surface area is 88.7 Å². The lowest BCUT2D eigenvalue weighted by molar-refractivity contribution is 0.249. The Hall–Kier alpha value is -1.27. The van der Waals surface area contributed by atoms with Gasteiger partial charge in [0.15, 0.2) is 5.94 Å². The van der Waals surface area contributed by atoms with Gasteiger partial charge in [-0.3, -0.25) is 0 Å². The summed E-state index contributed by atoms with van der Waals surface area (Å²) in [6.07, 6.45) is 0. The molecule has 6 heteroatoms. The fraction of sp³-hybridized carbons (Fsp3) is 0.333. The van der Waals surface area contributed by atoms with Crippen molar-refractivity contribution < 1.29 is 17.9 Å². The van der Waals surface area contributed by atoms with E-state index in [0.717, 1.165) is 0 Å². The lowest BCUT2D eigenvalue weighted by Crippen LogP contribution is -2.10. The van der Waals surface area contributed by atoms with Gasteiger partial charge in [0.2, 0.25) is 9.84 Å². The minimum absolute atomic E-state index is 0.0843. The van der Waals surface area contributed by atoms with E-state index in [9.17, 15) is 8.42 Å². The maximum absolute atomic E-state index is 11.7. The molecule has 0 saturated heterocycles. The van der Waals surface area contributed by atoms with Gasteiger partial charge in [-0.15, -0.1) is 0 Å². The Bertz CT molecular complexity index is 441. The summed E-state index contributed by atoms with van der Waals surface area (Å²) >= 11 is 0. The van der Waals surface area contributed by atoms with Crippen molar-refractivity contribution in [2.75, 3.05) is 25.9 Å². The highest BCUT2D eigenvalue weighted by Gasteiger charge is 2.19. The monoisotopic (exact) mass is 231 g/mol. The van der Waals surface area contributed by atoms with Crippen molar-refractivity contribution >= 4 is 15.5 Å². The van der Waals surface area contributed by atoms with Crippen LogP contribution in [0.5, 0.6) is 5.75 Å². The Morgan fingerprint density at radius 3 is 2.53 bits per heavy atom. The van der Waals surface area contributed by atoms with Crippen LogP contribution in [0.3, 0.4) is 0 Å². The second kappa shape index (κ2) is 4.50. The molecule has 5 nitrogen and oxygen atoms in total. The predicted molar refractivity (Wildman–Crippen MR) is 56.5 cm³/mol. The first-order chi connectivity index (χ1) is 7.01. The highest BCUT2D eigenvalue weighted by molar-refractivity contribution is 7.91. The molecule has 0 aliphatic heterocycles. The van der Waals surface area contributed by atoms with E-state index in [1.54, 1.807) is 0 Å². The quantitative estimate of drug-likeness (QED) is 0.770. The van der Waals surface area contributed by atoms with Crippen LogP contribution in [0.2, 0.25) is 0 Å². The van der Waals surface area contributed by atoms with Crippen LogP contribution in [0.1, 0.15) is 0 Å². The highest BCUT2D eigenvalue weighted by Crippen LogP contribution is 2.26. The zero-order valence-corrected chi connectivity index (χ0v) is 9.37. The Morgan fingerprint density at radius 1 is 1.33 bits per heavy atom. The summed E-state index contributed by atoms with van der Waals surface area (Å²) in [5, 5.41) is 0. The van der Waals surface area contributed by atoms with Crippen molar-refractivity contribution in [1.29, 1.82) is 0 Å². The molecule has 84 valence electrons. The molecule has 0 aromatic heterocycles. The number of nitrogens with two attached hydrogens (primary N) is 1. The average molecular weight is 231 g/mol. The van der Waals surface area contributed by atoms with Gasteiger partial charge in [0.05, 0.1) is 7.11 Å². The minimum atomic E-state index is -3.47. The normalized spacial score (nSPS) is 11.3. The van der Waals surface area contributed by atoms with E-state index >= 15 is 0 Å². The molecule has 15 heavy (non-hydrogen) atoms. The number of methoxy groups -OCH3 is 2. The molecule has 1 aromatic carbocycles. The lowest BCUT2D eigenvalue weighted by Gasteiger charge is -2.09. The van der Waals surface area contributed by atoms with E-state index in [2.05, 4.69) is 4.74 Å². The molecule has 0 heterocycles. The van der Waals surface area contributed by atoms with Crippen molar-refractivity contribution in [2.24, 2.45) is 0 Å². The summed E-state index contributed by atoms with van der Waals surface area (Å²) in [7, 11) is -0.762. The highest BCUT2D eigenvalue weighted by atomic mass is 32.2. The second-order valence-electron chi connectivity index (χ2n) is 2.93. The number of nitrogen functional groups attached to an aromatic ring is 1. The molecule has 0 amide bonds. The van der Waals surface area contributed by atoms with Crippen LogP contribution in [-0.4, -0.2) is 28.6 Å². The number of anilines is 1. The van der Waals surface area contributed by atoms with Crippen LogP contribution in [-0.2, 0) is 14.6 Å². The van der Waals surface area contributed by atoms with Crippen molar-refractivity contribution in [3.63, 3.8) is 0 Å². The number of ether oxygens (including phenoxy) is 2. The third-order valence-corrected chi connectivity index (χ3v) is 3.35. The number of rotatable bonds is 4. The molecule has 0 unspecified atom stereocenters. The molecule has 0 aliphatic carbocycles. The molecule has 0 atom stereocenters. The molecule has 0 spiro atoms. The molecule has 2 N–H and O–H groups in total.